The summed E-state index contributed by atoms with van der Waals surface area (Å²) in [6, 6.07) is 0. The predicted octanol–water partition coefficient (Wildman–Crippen LogP) is 0.458. The van der Waals surface area contributed by atoms with Gasteiger partial charge >= 0.3 is 0 Å². The quantitative estimate of drug-likeness (QED) is 0.738. The molecule has 100 valence electrons. The lowest BCUT2D eigenvalue weighted by molar-refractivity contribution is -0.127. The molecule has 2 unspecified atom stereocenters. The molecule has 0 aromatic rings. The number of carbonyl (C=O) groups is 1. The molecule has 1 fully saturated rings. The highest BCUT2D eigenvalue weighted by molar-refractivity contribution is 5.77. The van der Waals surface area contributed by atoms with Gasteiger partial charge in [0.05, 0.1) is 18.1 Å². The smallest absolute Gasteiger partial charge is 0.222 e. The van der Waals surface area contributed by atoms with Gasteiger partial charge in [0.1, 0.15) is 5.60 Å². The van der Waals surface area contributed by atoms with Crippen LogP contribution in [0.1, 0.15) is 33.6 Å². The van der Waals surface area contributed by atoms with E-state index in [1.165, 1.54) is 0 Å². The van der Waals surface area contributed by atoms with Gasteiger partial charge in [-0.25, -0.2) is 0 Å². The van der Waals surface area contributed by atoms with Crippen molar-refractivity contribution in [1.29, 1.82) is 0 Å². The fraction of sp³-hybridized carbons (Fsp3) is 0.917. The number of rotatable bonds is 5. The molecule has 1 aliphatic rings. The van der Waals surface area contributed by atoms with Gasteiger partial charge in [-0.05, 0) is 20.8 Å². The zero-order valence-electron chi connectivity index (χ0n) is 11.1. The Hall–Kier alpha value is -0.650. The van der Waals surface area contributed by atoms with Crippen molar-refractivity contribution < 1.29 is 19.4 Å². The van der Waals surface area contributed by atoms with E-state index in [9.17, 15) is 9.90 Å². The summed E-state index contributed by atoms with van der Waals surface area (Å²) in [6.45, 7) is 6.29. The molecular weight excluding hydrogens is 222 g/mol. The lowest BCUT2D eigenvalue weighted by Gasteiger charge is -2.27. The van der Waals surface area contributed by atoms with E-state index < -0.39 is 11.2 Å². The minimum Gasteiger partial charge on any atom is -0.385 e. The minimum atomic E-state index is -0.938. The number of carbonyl (C=O) groups excluding carboxylic acids is 1. The van der Waals surface area contributed by atoms with Crippen LogP contribution in [-0.4, -0.2) is 48.6 Å². The number of amides is 1. The maximum atomic E-state index is 11.7. The monoisotopic (exact) mass is 245 g/mol. The molecule has 0 radical (unpaired) electrons. The molecule has 0 spiro atoms. The van der Waals surface area contributed by atoms with Crippen LogP contribution in [0.25, 0.3) is 0 Å². The number of methoxy groups -OCH3 is 1. The third kappa shape index (κ3) is 3.94. The van der Waals surface area contributed by atoms with E-state index in [0.717, 1.165) is 0 Å². The van der Waals surface area contributed by atoms with E-state index in [1.54, 1.807) is 7.11 Å². The van der Waals surface area contributed by atoms with E-state index in [4.69, 9.17) is 9.47 Å². The maximum absolute atomic E-state index is 11.7. The zero-order valence-corrected chi connectivity index (χ0v) is 11.1. The van der Waals surface area contributed by atoms with E-state index >= 15 is 0 Å². The zero-order chi connectivity index (χ0) is 13.1. The molecule has 0 aliphatic carbocycles. The molecule has 0 saturated carbocycles. The molecular formula is C12H23NO4. The highest BCUT2D eigenvalue weighted by atomic mass is 16.5. The summed E-state index contributed by atoms with van der Waals surface area (Å²) in [7, 11) is 1.58. The Morgan fingerprint density at radius 3 is 2.76 bits per heavy atom. The lowest BCUT2D eigenvalue weighted by Crippen LogP contribution is -2.48. The summed E-state index contributed by atoms with van der Waals surface area (Å²) in [5.74, 6) is -0.121. The third-order valence-corrected chi connectivity index (χ3v) is 3.39. The van der Waals surface area contributed by atoms with Crippen LogP contribution in [0, 0.1) is 0 Å². The molecule has 2 atom stereocenters. The average molecular weight is 245 g/mol. The standard InChI is InChI=1S/C12H23NO4/c1-9-12(15,5-6-17-9)8-13-10(14)7-11(2,3)16-4/h9,15H,5-8H2,1-4H3,(H,13,14). The average Bonchev–Trinajstić information content (AvgIpc) is 2.57. The Labute approximate surface area is 102 Å². The van der Waals surface area contributed by atoms with Gasteiger partial charge in [-0.15, -0.1) is 0 Å². The van der Waals surface area contributed by atoms with Crippen LogP contribution in [0.4, 0.5) is 0 Å². The molecule has 1 heterocycles. The summed E-state index contributed by atoms with van der Waals surface area (Å²) >= 11 is 0. The van der Waals surface area contributed by atoms with Crippen LogP contribution in [0.2, 0.25) is 0 Å². The normalized spacial score (nSPS) is 29.4. The van der Waals surface area contributed by atoms with Gasteiger partial charge in [-0.2, -0.15) is 0 Å². The first-order valence-corrected chi connectivity index (χ1v) is 5.95. The van der Waals surface area contributed by atoms with Crippen LogP contribution in [-0.2, 0) is 14.3 Å². The second-order valence-corrected chi connectivity index (χ2v) is 5.28. The van der Waals surface area contributed by atoms with E-state index in [1.807, 2.05) is 20.8 Å². The Kier molecular flexibility index (Phi) is 4.52. The second-order valence-electron chi connectivity index (χ2n) is 5.28. The number of hydrogen-bond donors (Lipinski definition) is 2. The number of aliphatic hydroxyl groups is 1. The Bertz CT molecular complexity index is 280. The van der Waals surface area contributed by atoms with Crippen molar-refractivity contribution in [2.24, 2.45) is 0 Å². The maximum Gasteiger partial charge on any atom is 0.222 e. The SMILES string of the molecule is COC(C)(C)CC(=O)NCC1(O)CCOC1C. The van der Waals surface area contributed by atoms with Crippen LogP contribution in [0.3, 0.4) is 0 Å². The highest BCUT2D eigenvalue weighted by Gasteiger charge is 2.39. The van der Waals surface area contributed by atoms with E-state index in [-0.39, 0.29) is 25.0 Å². The molecule has 5 nitrogen and oxygen atoms in total. The molecule has 0 bridgehead atoms. The second kappa shape index (κ2) is 5.33. The summed E-state index contributed by atoms with van der Waals surface area (Å²) in [6.07, 6.45) is 0.593. The van der Waals surface area contributed by atoms with Gasteiger partial charge in [0.25, 0.3) is 0 Å². The van der Waals surface area contributed by atoms with Crippen molar-refractivity contribution in [3.8, 4) is 0 Å². The highest BCUT2D eigenvalue weighted by Crippen LogP contribution is 2.24. The van der Waals surface area contributed by atoms with Gasteiger partial charge in [-0.1, -0.05) is 0 Å². The van der Waals surface area contributed by atoms with Gasteiger partial charge < -0.3 is 19.9 Å². The first kappa shape index (κ1) is 14.4. The molecule has 5 heteroatoms. The molecule has 2 N–H and O–H groups in total. The molecule has 1 aliphatic heterocycles. The first-order chi connectivity index (χ1) is 7.79. The van der Waals surface area contributed by atoms with Gasteiger partial charge in [0.15, 0.2) is 0 Å². The van der Waals surface area contributed by atoms with Gasteiger partial charge in [0, 0.05) is 26.7 Å². The van der Waals surface area contributed by atoms with Crippen molar-refractivity contribution in [2.75, 3.05) is 20.3 Å². The van der Waals surface area contributed by atoms with E-state index in [0.29, 0.717) is 13.0 Å². The summed E-state index contributed by atoms with van der Waals surface area (Å²) in [4.78, 5) is 11.7. The molecule has 17 heavy (non-hydrogen) atoms. The molecule has 0 aromatic carbocycles. The summed E-state index contributed by atoms with van der Waals surface area (Å²) in [5.41, 5.74) is -1.42. The first-order valence-electron chi connectivity index (χ1n) is 5.95. The molecule has 1 amide bonds. The summed E-state index contributed by atoms with van der Waals surface area (Å²) in [5, 5.41) is 12.9. The minimum absolute atomic E-state index is 0.121. The van der Waals surface area contributed by atoms with E-state index in [2.05, 4.69) is 5.32 Å². The van der Waals surface area contributed by atoms with Crippen molar-refractivity contribution in [1.82, 2.24) is 5.32 Å². The van der Waals surface area contributed by atoms with Crippen LogP contribution < -0.4 is 5.32 Å². The predicted molar refractivity (Wildman–Crippen MR) is 63.7 cm³/mol. The van der Waals surface area contributed by atoms with Crippen molar-refractivity contribution >= 4 is 5.91 Å². The Balaban J connectivity index is 2.38. The molecule has 1 saturated heterocycles. The van der Waals surface area contributed by atoms with Crippen molar-refractivity contribution in [3.05, 3.63) is 0 Å². The topological polar surface area (TPSA) is 67.8 Å². The molecule has 1 rings (SSSR count). The number of nitrogens with one attached hydrogen (secondary N) is 1. The molecule has 0 aromatic heterocycles. The van der Waals surface area contributed by atoms with Crippen LogP contribution in [0.15, 0.2) is 0 Å². The largest absolute Gasteiger partial charge is 0.385 e. The summed E-state index contributed by atoms with van der Waals surface area (Å²) < 4.78 is 10.5. The van der Waals surface area contributed by atoms with Gasteiger partial charge in [-0.3, -0.25) is 4.79 Å². The lowest BCUT2D eigenvalue weighted by atomic mass is 9.96. The fourth-order valence-electron chi connectivity index (χ4n) is 1.78. The van der Waals surface area contributed by atoms with Crippen LogP contribution >= 0.6 is 0 Å². The third-order valence-electron chi connectivity index (χ3n) is 3.39. The van der Waals surface area contributed by atoms with Crippen molar-refractivity contribution in [2.45, 2.75) is 50.9 Å². The van der Waals surface area contributed by atoms with Gasteiger partial charge in [0.2, 0.25) is 5.91 Å². The van der Waals surface area contributed by atoms with Crippen molar-refractivity contribution in [3.63, 3.8) is 0 Å². The number of ether oxygens (including phenoxy) is 2. The Morgan fingerprint density at radius 1 is 1.65 bits per heavy atom. The fourth-order valence-corrected chi connectivity index (χ4v) is 1.78. The van der Waals surface area contributed by atoms with Crippen LogP contribution in [0.5, 0.6) is 0 Å². The number of hydrogen-bond acceptors (Lipinski definition) is 4. The Morgan fingerprint density at radius 2 is 2.29 bits per heavy atom.